The molecule has 18 amide bonds. The van der Waals surface area contributed by atoms with Crippen LogP contribution < -0.4 is 108 Å². The van der Waals surface area contributed by atoms with E-state index in [4.69, 9.17) is 33.4 Å². The van der Waals surface area contributed by atoms with Gasteiger partial charge in [0, 0.05) is 44.9 Å². The van der Waals surface area contributed by atoms with Gasteiger partial charge in [0.1, 0.15) is 96.4 Å². The molecule has 0 bridgehead atoms. The minimum atomic E-state index is -2.11. The maximum atomic E-state index is 15.7. The second kappa shape index (κ2) is 61.5. The summed E-state index contributed by atoms with van der Waals surface area (Å²) in [5, 5.41) is 57.5. The monoisotopic (exact) mass is 2100 g/mol. The molecule has 5 aromatic rings. The highest BCUT2D eigenvalue weighted by Gasteiger charge is 2.42. The van der Waals surface area contributed by atoms with Gasteiger partial charge >= 0.3 is 11.9 Å². The summed E-state index contributed by atoms with van der Waals surface area (Å²) in [4.78, 5) is 292. The molecule has 1 aliphatic heterocycles. The van der Waals surface area contributed by atoms with Crippen LogP contribution in [0, 0.1) is 30.6 Å². The van der Waals surface area contributed by atoms with Crippen LogP contribution in [0.25, 0.3) is 11.1 Å². The first-order chi connectivity index (χ1) is 71.4. The maximum absolute atomic E-state index is 15.7. The molecule has 0 radical (unpaired) electrons. The fourth-order valence-corrected chi connectivity index (χ4v) is 19.0. The molecule has 43 nitrogen and oxygen atoms in total. The van der Waals surface area contributed by atoms with E-state index in [1.165, 1.54) is 38.2 Å². The van der Waals surface area contributed by atoms with Gasteiger partial charge in [-0.15, -0.1) is 11.8 Å². The molecule has 0 spiro atoms. The van der Waals surface area contributed by atoms with E-state index < -0.39 is 271 Å². The molecule has 1 saturated heterocycles. The first kappa shape index (κ1) is 121. The van der Waals surface area contributed by atoms with Gasteiger partial charge in [-0.3, -0.25) is 91.1 Å². The zero-order valence-electron chi connectivity index (χ0n) is 86.1. The smallest absolute Gasteiger partial charge is 0.341 e. The number of hydrogen-bond donors (Lipinski definition) is 21. The lowest BCUT2D eigenvalue weighted by Crippen LogP contribution is -2.61. The highest BCUT2D eigenvalue weighted by atomic mass is 32.2. The number of carboxylic acid groups (broad SMARTS) is 2. The third-order valence-electron chi connectivity index (χ3n) is 26.6. The summed E-state index contributed by atoms with van der Waals surface area (Å²) in [7, 11) is 1.22. The minimum Gasteiger partial charge on any atom is -0.482 e. The Labute approximate surface area is 877 Å². The highest BCUT2D eigenvalue weighted by Crippen LogP contribution is 2.31. The Morgan fingerprint density at radius 1 is 0.440 bits per heavy atom. The number of nitrogens with one attached hydrogen (secondary N) is 14. The summed E-state index contributed by atoms with van der Waals surface area (Å²) in [5.41, 5.74) is 33.2. The number of nitrogens with two attached hydrogens (primary N) is 5. The average molecular weight is 2100 g/mol. The van der Waals surface area contributed by atoms with Crippen LogP contribution in [0.3, 0.4) is 0 Å². The molecule has 3 aliphatic rings. The summed E-state index contributed by atoms with van der Waals surface area (Å²) in [6, 6.07) is 12.8. The van der Waals surface area contributed by atoms with Gasteiger partial charge in [0.15, 0.2) is 6.61 Å². The van der Waals surface area contributed by atoms with Gasteiger partial charge in [0.25, 0.3) is 0 Å². The Morgan fingerprint density at radius 3 is 1.39 bits per heavy atom. The number of carbonyl (C=O) groups is 20. The number of amides is 18. The molecule has 1 heterocycles. The lowest BCUT2D eigenvalue weighted by atomic mass is 9.84. The van der Waals surface area contributed by atoms with E-state index in [0.29, 0.717) is 47.9 Å². The van der Waals surface area contributed by atoms with Crippen molar-refractivity contribution in [2.24, 2.45) is 52.3 Å². The first-order valence-corrected chi connectivity index (χ1v) is 52.3. The van der Waals surface area contributed by atoms with Gasteiger partial charge < -0.3 is 123 Å². The summed E-state index contributed by atoms with van der Waals surface area (Å²) in [6.45, 7) is 8.54. The minimum absolute atomic E-state index is 0.0210. The molecule has 816 valence electrons. The van der Waals surface area contributed by atoms with Crippen molar-refractivity contribution in [2.75, 3.05) is 38.2 Å². The summed E-state index contributed by atoms with van der Waals surface area (Å²) >= 11 is 0.730. The lowest BCUT2D eigenvalue weighted by Gasteiger charge is -2.32. The van der Waals surface area contributed by atoms with Crippen LogP contribution in [0.2, 0.25) is 0 Å². The van der Waals surface area contributed by atoms with E-state index in [2.05, 4.69) is 74.4 Å². The lowest BCUT2D eigenvalue weighted by molar-refractivity contribution is -0.143. The third-order valence-corrected chi connectivity index (χ3v) is 27.6. The van der Waals surface area contributed by atoms with Gasteiger partial charge in [0.05, 0.1) is 12.2 Å². The van der Waals surface area contributed by atoms with Crippen LogP contribution >= 0.6 is 11.8 Å². The van der Waals surface area contributed by atoms with Crippen LogP contribution in [0.4, 0.5) is 0 Å². The average Bonchev–Trinajstić information content (AvgIpc) is 0.832. The van der Waals surface area contributed by atoms with Crippen molar-refractivity contribution in [3.8, 4) is 16.9 Å². The highest BCUT2D eigenvalue weighted by molar-refractivity contribution is 8.00. The molecule has 150 heavy (non-hydrogen) atoms. The zero-order chi connectivity index (χ0) is 110. The largest absolute Gasteiger partial charge is 0.482 e. The molecule has 26 N–H and O–H groups in total. The number of primary amides is 3. The Kier molecular flexibility index (Phi) is 49.5. The number of nitrogens with zero attached hydrogens (tertiary/aromatic N) is 1. The molecule has 8 rings (SSSR count). The molecule has 5 aromatic carbocycles. The molecule has 2 aliphatic carbocycles. The van der Waals surface area contributed by atoms with Gasteiger partial charge in [-0.05, 0) is 154 Å². The van der Waals surface area contributed by atoms with Gasteiger partial charge in [-0.2, -0.15) is 0 Å². The van der Waals surface area contributed by atoms with E-state index in [-0.39, 0.29) is 99.9 Å². The number of likely N-dealkylation sites (N-methyl/N-ethyl adjacent to an activating group) is 1. The molecule has 2 saturated carbocycles. The fourth-order valence-electron chi connectivity index (χ4n) is 18.1. The molecular formula is C106H148N20O23S. The van der Waals surface area contributed by atoms with Crippen molar-refractivity contribution in [1.29, 1.82) is 0 Å². The molecule has 3 fully saturated rings. The van der Waals surface area contributed by atoms with E-state index in [0.717, 1.165) is 66.3 Å². The normalized spacial score (nSPS) is 23.5. The fraction of sp³-hybridized carbons (Fsp3) is 0.528. The number of aliphatic carboxylic acids is 2. The van der Waals surface area contributed by atoms with Crippen molar-refractivity contribution in [2.45, 2.75) is 293 Å². The summed E-state index contributed by atoms with van der Waals surface area (Å²) in [5.74, 6) is -23.6. The van der Waals surface area contributed by atoms with E-state index >= 15 is 38.4 Å². The van der Waals surface area contributed by atoms with Crippen molar-refractivity contribution in [3.05, 3.63) is 161 Å². The van der Waals surface area contributed by atoms with Crippen molar-refractivity contribution in [1.82, 2.24) is 79.3 Å². The van der Waals surface area contributed by atoms with Crippen molar-refractivity contribution in [3.63, 3.8) is 0 Å². The SMILES string of the molecule is Cc1cccc(C[C@@H]2NC(=O)[C@H](CC(=O)O)NC(=O)[C@H](Cc3ccc(OCC(=O)O)cc3)NC(=O)[C@H](CC3CCCCC3)NC(=O)CSC[C@@H](C(=O)N[C@@H](CCN)C(N)=O)NC(=O)[C@H](CCC(N)=O)NC(=O)[C@H](C(C)C)NC(=O)[C@H](CC3CCCCC3)NC(=O)[C@H](CCN)NC(=O)[C@@H](CC(C)C)NC(=O)[C@H](C)N(C)C(=O)[C@H](CCC(N)=O)NC(=O)[C@H](Cc3ccc(-c4ccccc4)cc3)NC(=O)[C@H](CCc3ccccc3)NC2=O)c1. The molecule has 0 unspecified atom stereocenters. The Bertz CT molecular complexity index is 5440. The number of aryl methyl sites for hydroxylation is 2. The molecular weight excluding hydrogens is 1950 g/mol. The van der Waals surface area contributed by atoms with Gasteiger partial charge in [-0.1, -0.05) is 219 Å². The number of carboxylic acids is 2. The number of ether oxygens (including phenoxy) is 1. The number of rotatable bonds is 35. The Hall–Kier alpha value is -14.4. The third kappa shape index (κ3) is 40.9. The predicted octanol–water partition coefficient (Wildman–Crippen LogP) is 0.999. The quantitative estimate of drug-likeness (QED) is 0.0269. The number of hydrogen-bond acceptors (Lipinski definition) is 24. The van der Waals surface area contributed by atoms with Gasteiger partial charge in [-0.25, -0.2) is 4.79 Å². The molecule has 15 atom stereocenters. The van der Waals surface area contributed by atoms with Gasteiger partial charge in [0.2, 0.25) is 106 Å². The van der Waals surface area contributed by atoms with Crippen LogP contribution in [-0.4, -0.2) is 262 Å². The Morgan fingerprint density at radius 2 is 0.873 bits per heavy atom. The van der Waals surface area contributed by atoms with Crippen LogP contribution in [-0.2, 0) is 122 Å². The second-order valence-electron chi connectivity index (χ2n) is 39.5. The number of carbonyl (C=O) groups excluding carboxylic acids is 18. The second-order valence-corrected chi connectivity index (χ2v) is 40.5. The van der Waals surface area contributed by atoms with Crippen molar-refractivity contribution < 1.29 is 111 Å². The van der Waals surface area contributed by atoms with Crippen LogP contribution in [0.5, 0.6) is 5.75 Å². The number of benzene rings is 5. The predicted molar refractivity (Wildman–Crippen MR) is 557 cm³/mol. The van der Waals surface area contributed by atoms with Crippen molar-refractivity contribution >= 4 is 130 Å². The maximum Gasteiger partial charge on any atom is 0.341 e. The molecule has 44 heteroatoms. The van der Waals surface area contributed by atoms with E-state index in [1.807, 2.05) is 30.3 Å². The van der Waals surface area contributed by atoms with Crippen LogP contribution in [0.15, 0.2) is 133 Å². The first-order valence-electron chi connectivity index (χ1n) is 51.2. The summed E-state index contributed by atoms with van der Waals surface area (Å²) < 4.78 is 5.37. The topological polar surface area (TPSA) is 693 Å². The Balaban J connectivity index is 1.25. The van der Waals surface area contributed by atoms with Crippen LogP contribution in [0.1, 0.15) is 197 Å². The summed E-state index contributed by atoms with van der Waals surface area (Å²) in [6.07, 6.45) is 2.08. The van der Waals surface area contributed by atoms with E-state index in [1.54, 1.807) is 113 Å². The van der Waals surface area contributed by atoms with E-state index in [9.17, 15) is 67.7 Å². The molecule has 0 aromatic heterocycles. The number of thioether (sulfide) groups is 1. The zero-order valence-corrected chi connectivity index (χ0v) is 86.9. The standard InChI is InChI=1S/C106H148N20O23S/c1-60(2)49-78-97(139)115-76(46-48-108)96(138)120-82(52-66-26-16-10-17-27-66)103(145)125-91(61(3)4)105(147)116-75(41-43-86(109)127)95(137)124-85(104(146)113-73(45-47-107)92(111)134)58-150-59-88(129)112-79(51-65-24-14-9-15-25-65)98(140)121-81(54-68-33-38-72(39-34-68)149-57-90(132)133)101(143)123-84(56-89(130)131)102(144)122-83(55-69-28-20-21-62(5)50-69)99(141)114-74(40-35-64-22-12-8-13-23-64)94(136)119-80(53-67-31-36-71(37-32-67)70-29-18-11-19-30-70)100(142)117-77(42-44-87(110)128)106(148)126(7)63(6)93(135)118-78/h8,11-13,18-23,28-34,36-39,50,60-61,63,65-66,73-85,91H,9-10,14-17,24-27,35,40-49,51-59,107-108H2,1-7H3,(H2,109,127)(H2,110,128)(H2,111,134)(H,112,129)(H,113,146)(H,114,141)(H,115,139)(H,116,147)(H,117,142)(H,118,135)(H,119,136)(H,120,138)(H,121,140)(H,122,144)(H,123,143)(H,124,137)(H,125,145)(H,130,131)(H,132,133)/t63-,73-,74-,75-,76-,77-,78+,79-,80-,81-,82-,83-,84-,85-,91-/m0/s1.